The third kappa shape index (κ3) is 3.22. The summed E-state index contributed by atoms with van der Waals surface area (Å²) in [4.78, 5) is 0. The van der Waals surface area contributed by atoms with E-state index in [1.54, 1.807) is 0 Å². The maximum atomic E-state index is 5.86. The van der Waals surface area contributed by atoms with Crippen LogP contribution in [0.25, 0.3) is 0 Å². The van der Waals surface area contributed by atoms with E-state index in [1.165, 1.54) is 32.1 Å². The Kier molecular flexibility index (Phi) is 4.52. The van der Waals surface area contributed by atoms with Gasteiger partial charge in [-0.2, -0.15) is 0 Å². The average molecular weight is 229 g/mol. The molecule has 0 N–H and O–H groups in total. The highest BCUT2D eigenvalue weighted by Gasteiger charge is 2.30. The van der Waals surface area contributed by atoms with Crippen molar-refractivity contribution in [1.82, 2.24) is 0 Å². The molecule has 2 aliphatic carbocycles. The fourth-order valence-electron chi connectivity index (χ4n) is 2.88. The van der Waals surface area contributed by atoms with Gasteiger partial charge in [0.1, 0.15) is 0 Å². The van der Waals surface area contributed by atoms with Crippen LogP contribution in [0, 0.1) is 11.8 Å². The van der Waals surface area contributed by atoms with Gasteiger partial charge in [-0.3, -0.25) is 0 Å². The average Bonchev–Trinajstić information content (AvgIpc) is 2.29. The Morgan fingerprint density at radius 1 is 1.13 bits per heavy atom. The fourth-order valence-corrected chi connectivity index (χ4v) is 2.99. The smallest absolute Gasteiger partial charge is 0.0578 e. The summed E-state index contributed by atoms with van der Waals surface area (Å²) in [5.74, 6) is 2.56. The largest absolute Gasteiger partial charge is 0.378 e. The third-order valence-corrected chi connectivity index (χ3v) is 4.03. The quantitative estimate of drug-likeness (QED) is 0.404. The minimum Gasteiger partial charge on any atom is -0.378 e. The summed E-state index contributed by atoms with van der Waals surface area (Å²) in [6.45, 7) is 0.849. The zero-order valence-corrected chi connectivity index (χ0v) is 10.1. The van der Waals surface area contributed by atoms with E-state index in [9.17, 15) is 0 Å². The highest BCUT2D eigenvalue weighted by atomic mass is 35.5. The van der Waals surface area contributed by atoms with Crippen molar-refractivity contribution >= 4 is 11.6 Å². The molecule has 2 heteroatoms. The molecule has 0 bridgehead atoms. The molecule has 86 valence electrons. The van der Waals surface area contributed by atoms with Gasteiger partial charge in [0.2, 0.25) is 0 Å². The van der Waals surface area contributed by atoms with Crippen LogP contribution in [0.4, 0.5) is 0 Å². The first kappa shape index (κ1) is 11.5. The van der Waals surface area contributed by atoms with Crippen molar-refractivity contribution in [3.05, 3.63) is 12.2 Å². The van der Waals surface area contributed by atoms with E-state index in [1.807, 2.05) is 0 Å². The van der Waals surface area contributed by atoms with Gasteiger partial charge in [0.25, 0.3) is 0 Å². The molecule has 1 saturated carbocycles. The summed E-state index contributed by atoms with van der Waals surface area (Å²) < 4.78 is 5.86. The van der Waals surface area contributed by atoms with Gasteiger partial charge < -0.3 is 4.74 Å². The first-order valence-corrected chi connectivity index (χ1v) is 6.76. The number of fused-ring (bicyclic) bond motifs is 1. The summed E-state index contributed by atoms with van der Waals surface area (Å²) in [5.41, 5.74) is 0. The molecule has 1 nitrogen and oxygen atoms in total. The molecule has 1 fully saturated rings. The van der Waals surface area contributed by atoms with Crippen LogP contribution in [-0.4, -0.2) is 18.6 Å². The molecule has 0 aromatic heterocycles. The molecule has 3 atom stereocenters. The van der Waals surface area contributed by atoms with E-state index in [0.29, 0.717) is 6.10 Å². The Morgan fingerprint density at radius 3 is 2.73 bits per heavy atom. The first-order chi connectivity index (χ1) is 7.40. The van der Waals surface area contributed by atoms with Gasteiger partial charge in [-0.15, -0.1) is 11.6 Å². The lowest BCUT2D eigenvalue weighted by Crippen LogP contribution is -2.30. The predicted octanol–water partition coefficient (Wildman–Crippen LogP) is 3.77. The number of alkyl halides is 1. The topological polar surface area (TPSA) is 9.23 Å². The van der Waals surface area contributed by atoms with Crippen LogP contribution in [0.5, 0.6) is 0 Å². The molecule has 2 unspecified atom stereocenters. The van der Waals surface area contributed by atoms with Crippen LogP contribution in [0.3, 0.4) is 0 Å². The second-order valence-corrected chi connectivity index (χ2v) is 5.19. The SMILES string of the molecule is ClCCCO[C@H]1CCC2CC=CCC2C1. The summed E-state index contributed by atoms with van der Waals surface area (Å²) in [6.07, 6.45) is 12.7. The molecule has 0 aromatic carbocycles. The molecule has 0 aliphatic heterocycles. The van der Waals surface area contributed by atoms with Gasteiger partial charge in [0.15, 0.2) is 0 Å². The second kappa shape index (κ2) is 5.91. The van der Waals surface area contributed by atoms with Crippen LogP contribution in [0.1, 0.15) is 38.5 Å². The van der Waals surface area contributed by atoms with Gasteiger partial charge in [-0.25, -0.2) is 0 Å². The summed E-state index contributed by atoms with van der Waals surface area (Å²) in [5, 5.41) is 0. The number of ether oxygens (including phenoxy) is 1. The first-order valence-electron chi connectivity index (χ1n) is 6.22. The van der Waals surface area contributed by atoms with Gasteiger partial charge >= 0.3 is 0 Å². The van der Waals surface area contributed by atoms with E-state index in [4.69, 9.17) is 16.3 Å². The Bertz CT molecular complexity index is 215. The third-order valence-electron chi connectivity index (χ3n) is 3.77. The standard InChI is InChI=1S/C13H21ClO/c14-8-3-9-15-13-7-6-11-4-1-2-5-12(11)10-13/h1-2,11-13H,3-10H2/t11?,12?,13-/m0/s1. The predicted molar refractivity (Wildman–Crippen MR) is 64.3 cm³/mol. The number of rotatable bonds is 4. The lowest BCUT2D eigenvalue weighted by Gasteiger charge is -2.37. The maximum absolute atomic E-state index is 5.86. The molecular weight excluding hydrogens is 208 g/mol. The summed E-state index contributed by atoms with van der Waals surface area (Å²) in [7, 11) is 0. The molecule has 0 amide bonds. The van der Waals surface area contributed by atoms with E-state index >= 15 is 0 Å². The van der Waals surface area contributed by atoms with Gasteiger partial charge in [-0.05, 0) is 50.4 Å². The van der Waals surface area contributed by atoms with Gasteiger partial charge in [0, 0.05) is 12.5 Å². The van der Waals surface area contributed by atoms with Crippen LogP contribution in [0.15, 0.2) is 12.2 Å². The van der Waals surface area contributed by atoms with E-state index in [-0.39, 0.29) is 0 Å². The van der Waals surface area contributed by atoms with Crippen LogP contribution >= 0.6 is 11.6 Å². The molecule has 2 rings (SSSR count). The molecule has 15 heavy (non-hydrogen) atoms. The van der Waals surface area contributed by atoms with Crippen LogP contribution in [0.2, 0.25) is 0 Å². The lowest BCUT2D eigenvalue weighted by molar-refractivity contribution is -0.00324. The van der Waals surface area contributed by atoms with Crippen molar-refractivity contribution in [3.8, 4) is 0 Å². The highest BCUT2D eigenvalue weighted by Crippen LogP contribution is 2.38. The Hall–Kier alpha value is -0.0100. The molecule has 2 aliphatic rings. The highest BCUT2D eigenvalue weighted by molar-refractivity contribution is 6.17. The van der Waals surface area contributed by atoms with Gasteiger partial charge in [-0.1, -0.05) is 12.2 Å². The molecule has 0 heterocycles. The number of hydrogen-bond donors (Lipinski definition) is 0. The minimum absolute atomic E-state index is 0.515. The van der Waals surface area contributed by atoms with E-state index < -0.39 is 0 Å². The monoisotopic (exact) mass is 228 g/mol. The fraction of sp³-hybridized carbons (Fsp3) is 0.846. The Balaban J connectivity index is 1.74. The molecule has 0 aromatic rings. The molecular formula is C13H21ClO. The van der Waals surface area contributed by atoms with Crippen molar-refractivity contribution in [2.75, 3.05) is 12.5 Å². The van der Waals surface area contributed by atoms with Crippen molar-refractivity contribution in [2.24, 2.45) is 11.8 Å². The van der Waals surface area contributed by atoms with Gasteiger partial charge in [0.05, 0.1) is 6.10 Å². The van der Waals surface area contributed by atoms with E-state index in [2.05, 4.69) is 12.2 Å². The van der Waals surface area contributed by atoms with Crippen LogP contribution < -0.4 is 0 Å². The Labute approximate surface area is 97.8 Å². The lowest BCUT2D eigenvalue weighted by atomic mass is 9.72. The van der Waals surface area contributed by atoms with Crippen molar-refractivity contribution < 1.29 is 4.74 Å². The zero-order chi connectivity index (χ0) is 10.5. The normalized spacial score (nSPS) is 35.1. The van der Waals surface area contributed by atoms with Crippen molar-refractivity contribution in [3.63, 3.8) is 0 Å². The second-order valence-electron chi connectivity index (χ2n) is 4.81. The summed E-state index contributed by atoms with van der Waals surface area (Å²) in [6, 6.07) is 0. The Morgan fingerprint density at radius 2 is 1.93 bits per heavy atom. The number of halogens is 1. The van der Waals surface area contributed by atoms with Crippen molar-refractivity contribution in [2.45, 2.75) is 44.6 Å². The van der Waals surface area contributed by atoms with Crippen molar-refractivity contribution in [1.29, 1.82) is 0 Å². The minimum atomic E-state index is 0.515. The van der Waals surface area contributed by atoms with E-state index in [0.717, 1.165) is 30.7 Å². The maximum Gasteiger partial charge on any atom is 0.0578 e. The molecule has 0 radical (unpaired) electrons. The summed E-state index contributed by atoms with van der Waals surface area (Å²) >= 11 is 5.64. The van der Waals surface area contributed by atoms with Crippen LogP contribution in [-0.2, 0) is 4.74 Å². The molecule has 0 saturated heterocycles. The molecule has 0 spiro atoms. The zero-order valence-electron chi connectivity index (χ0n) is 9.33. The number of hydrogen-bond acceptors (Lipinski definition) is 1. The number of allylic oxidation sites excluding steroid dienone is 2.